The van der Waals surface area contributed by atoms with Crippen molar-refractivity contribution in [2.45, 2.75) is 53.7 Å². The zero-order valence-electron chi connectivity index (χ0n) is 18.5. The molecule has 0 unspecified atom stereocenters. The van der Waals surface area contributed by atoms with Gasteiger partial charge in [0, 0.05) is 0 Å². The molecule has 0 bridgehead atoms. The van der Waals surface area contributed by atoms with Gasteiger partial charge in [0.1, 0.15) is 0 Å². The van der Waals surface area contributed by atoms with Crippen molar-refractivity contribution in [1.29, 1.82) is 0 Å². The Hall–Kier alpha value is -0.0900. The van der Waals surface area contributed by atoms with Gasteiger partial charge in [-0.15, -0.1) is 0 Å². The molecule has 0 spiro atoms. The van der Waals surface area contributed by atoms with Crippen LogP contribution in [0.3, 0.4) is 0 Å². The Balaban J connectivity index is 2.56. The number of nitrogens with one attached hydrogen (secondary N) is 1. The molecule has 0 saturated heterocycles. The quantitative estimate of drug-likeness (QED) is 0.416. The second kappa shape index (κ2) is 5.82. The van der Waals surface area contributed by atoms with Crippen LogP contribution in [-0.4, -0.2) is 26.7 Å². The van der Waals surface area contributed by atoms with Crippen molar-refractivity contribution in [1.82, 2.24) is 3.26 Å². The summed E-state index contributed by atoms with van der Waals surface area (Å²) in [6.07, 6.45) is 0. The fourth-order valence-corrected chi connectivity index (χ4v) is 51.0. The van der Waals surface area contributed by atoms with E-state index in [2.05, 4.69) is 90.3 Å². The molecule has 2 nitrogen and oxygen atoms in total. The van der Waals surface area contributed by atoms with Crippen LogP contribution in [0.5, 0.6) is 0 Å². The summed E-state index contributed by atoms with van der Waals surface area (Å²) in [5.74, 6) is 0. The summed E-state index contributed by atoms with van der Waals surface area (Å²) in [4.78, 5) is 0. The van der Waals surface area contributed by atoms with Crippen molar-refractivity contribution >= 4 is 26.4 Å². The molecule has 1 aliphatic rings. The molecule has 2 aromatic rings. The second-order valence-electron chi connectivity index (χ2n) is 11.8. The standard InChI is InChI=1S/C13H9.C4H10N.C4H11OSi.CH3.CH2.2ClH.Zr/c1-3-7-12-10(5-1)9-11-6-2-4-8-13(11)12;1-4(2,3)5;1-6(2)4-3-5;;;;;/h1-9H;5H,1-3H3;5H,3-4H2,1-2H3;1H3;1H2;2*1H;/q;-1;;;;;;+3/p-2. The van der Waals surface area contributed by atoms with E-state index in [1.807, 2.05) is 0 Å². The van der Waals surface area contributed by atoms with Crippen LogP contribution in [0.25, 0.3) is 11.1 Å². The van der Waals surface area contributed by atoms with Crippen LogP contribution in [0, 0.1) is 0 Å². The fourth-order valence-electron chi connectivity index (χ4n) is 5.91. The molecule has 0 saturated carbocycles. The maximum absolute atomic E-state index is 10.0. The Labute approximate surface area is 177 Å². The van der Waals surface area contributed by atoms with Gasteiger partial charge in [0.05, 0.1) is 0 Å². The Morgan fingerprint density at radius 1 is 1.00 bits per heavy atom. The molecule has 0 heterocycles. The summed E-state index contributed by atoms with van der Waals surface area (Å²) >= 11 is -6.18. The van der Waals surface area contributed by atoms with Crippen molar-refractivity contribution in [2.75, 3.05) is 6.61 Å². The topological polar surface area (TPSA) is 32.3 Å². The predicted octanol–water partition coefficient (Wildman–Crippen LogP) is 6.81. The summed E-state index contributed by atoms with van der Waals surface area (Å²) < 4.78 is 10.7. The van der Waals surface area contributed by atoms with Gasteiger partial charge in [0.15, 0.2) is 0 Å². The van der Waals surface area contributed by atoms with Gasteiger partial charge < -0.3 is 0 Å². The molecule has 0 radical (unpaired) electrons. The molecule has 0 atom stereocenters. The van der Waals surface area contributed by atoms with E-state index in [9.17, 15) is 5.11 Å². The van der Waals surface area contributed by atoms with E-state index in [-0.39, 0.29) is 15.8 Å². The first-order valence-electron chi connectivity index (χ1n) is 10.4. The number of hydrogen-bond acceptors (Lipinski definition) is 2. The molecule has 3 rings (SSSR count). The third kappa shape index (κ3) is 3.17. The molecular weight excluding hydrogens is 496 g/mol. The van der Waals surface area contributed by atoms with Gasteiger partial charge >= 0.3 is 178 Å². The van der Waals surface area contributed by atoms with Crippen LogP contribution in [0.1, 0.15) is 35.5 Å². The van der Waals surface area contributed by atoms with Gasteiger partial charge in [-0.25, -0.2) is 0 Å². The van der Waals surface area contributed by atoms with Crippen LogP contribution in [0.4, 0.5) is 0 Å². The normalized spacial score (nSPS) is 18.9. The van der Waals surface area contributed by atoms with Gasteiger partial charge in [-0.1, -0.05) is 0 Å². The fraction of sp³-hybridized carbons (Fsp3) is 0.435. The van der Waals surface area contributed by atoms with Gasteiger partial charge in [0.2, 0.25) is 0 Å². The molecule has 1 aliphatic carbocycles. The first kappa shape index (κ1) is 23.6. The SMILES string of the molecule is [CH2]=[Zr]([CH3])([Cl])([Cl])([NH]C(C)(C)C)([CH]1c2ccccc2-c2ccccc21)[Si](C)(C)CCO. The minimum atomic E-state index is -6.18. The van der Waals surface area contributed by atoms with Crippen LogP contribution in [-0.2, 0) is 12.4 Å². The molecule has 6 heteroatoms. The van der Waals surface area contributed by atoms with Crippen LogP contribution >= 0.6 is 17.0 Å². The molecule has 2 N–H and O–H groups in total. The van der Waals surface area contributed by atoms with Crippen LogP contribution < -0.4 is 3.26 Å². The Morgan fingerprint density at radius 2 is 1.41 bits per heavy atom. The average Bonchev–Trinajstić information content (AvgIpc) is 2.88. The predicted molar refractivity (Wildman–Crippen MR) is 131 cm³/mol. The third-order valence-corrected chi connectivity index (χ3v) is 86.0. The van der Waals surface area contributed by atoms with E-state index < -0.39 is 17.6 Å². The number of rotatable bonds is 5. The first-order chi connectivity index (χ1) is 12.9. The van der Waals surface area contributed by atoms with Crippen molar-refractivity contribution in [3.05, 3.63) is 59.7 Å². The number of hydrogen-bond donors (Lipinski definition) is 2. The summed E-state index contributed by atoms with van der Waals surface area (Å²) in [6, 6.07) is 17.4. The summed E-state index contributed by atoms with van der Waals surface area (Å²) in [7, 11) is 16.4. The number of fused-ring (bicyclic) bond motifs is 3. The van der Waals surface area contributed by atoms with E-state index in [1.165, 1.54) is 11.1 Å². The Bertz CT molecular complexity index is 1060. The summed E-state index contributed by atoms with van der Waals surface area (Å²) in [6.45, 7) is 10.8. The average molecular weight is 532 g/mol. The van der Waals surface area contributed by atoms with Gasteiger partial charge in [-0.3, -0.25) is 0 Å². The van der Waals surface area contributed by atoms with Crippen molar-refractivity contribution in [2.24, 2.45) is 0 Å². The van der Waals surface area contributed by atoms with E-state index in [1.54, 1.807) is 0 Å². The molecule has 160 valence electrons. The maximum atomic E-state index is 10.0. The molecule has 0 aliphatic heterocycles. The molecular formula is C23H35Cl2NOSiZr. The second-order valence-corrected chi connectivity index (χ2v) is 77.9. The Kier molecular flexibility index (Phi) is 4.73. The van der Waals surface area contributed by atoms with Crippen LogP contribution in [0.15, 0.2) is 48.5 Å². The molecule has 29 heavy (non-hydrogen) atoms. The van der Waals surface area contributed by atoms with Crippen LogP contribution in [0.2, 0.25) is 23.8 Å². The zero-order valence-corrected chi connectivity index (χ0v) is 23.5. The van der Waals surface area contributed by atoms with Gasteiger partial charge in [-0.05, 0) is 0 Å². The number of aliphatic hydroxyl groups excluding tert-OH is 1. The summed E-state index contributed by atoms with van der Waals surface area (Å²) in [5, 5.41) is 7.44. The van der Waals surface area contributed by atoms with Gasteiger partial charge in [-0.2, -0.15) is 0 Å². The molecule has 0 aromatic heterocycles. The Morgan fingerprint density at radius 3 is 1.79 bits per heavy atom. The van der Waals surface area contributed by atoms with Gasteiger partial charge in [0.25, 0.3) is 0 Å². The third-order valence-electron chi connectivity index (χ3n) is 7.78. The summed E-state index contributed by atoms with van der Waals surface area (Å²) in [5.41, 5.74) is 4.30. The van der Waals surface area contributed by atoms with E-state index in [0.29, 0.717) is 6.04 Å². The van der Waals surface area contributed by atoms with E-state index >= 15 is 0 Å². The molecule has 2 aromatic carbocycles. The van der Waals surface area contributed by atoms with Crippen molar-refractivity contribution < 1.29 is 17.5 Å². The van der Waals surface area contributed by atoms with E-state index in [4.69, 9.17) is 21.2 Å². The molecule has 0 fully saturated rings. The van der Waals surface area contributed by atoms with Crippen molar-refractivity contribution in [3.63, 3.8) is 0 Å². The number of aliphatic hydroxyl groups is 1. The monoisotopic (exact) mass is 529 g/mol. The number of halogens is 2. The minimum absolute atomic E-state index is 0.0552. The van der Waals surface area contributed by atoms with E-state index in [0.717, 1.165) is 11.1 Å². The molecule has 0 amide bonds. The first-order valence-corrected chi connectivity index (χ1v) is 30.5. The zero-order chi connectivity index (χ0) is 22.0. The van der Waals surface area contributed by atoms with Crippen molar-refractivity contribution in [3.8, 4) is 11.1 Å². The number of benzene rings is 2.